The summed E-state index contributed by atoms with van der Waals surface area (Å²) in [6.07, 6.45) is 6.17. The minimum absolute atomic E-state index is 0.0215. The standard InChI is InChI=1S/C19H19NO3/c1-13(2)16-12-17(14(3)11-18(16)21)20-23-19(22)10-9-15-7-5-4-6-8-15/h4-13H,1-3H3/b10-9+,20-17+. The predicted octanol–water partition coefficient (Wildman–Crippen LogP) is 3.71. The van der Waals surface area contributed by atoms with Gasteiger partial charge in [-0.1, -0.05) is 49.3 Å². The number of hydrogen-bond donors (Lipinski definition) is 0. The molecule has 0 unspecified atom stereocenters. The Hall–Kier alpha value is -2.75. The van der Waals surface area contributed by atoms with Crippen molar-refractivity contribution in [2.75, 3.05) is 0 Å². The summed E-state index contributed by atoms with van der Waals surface area (Å²) < 4.78 is 0. The van der Waals surface area contributed by atoms with E-state index in [4.69, 9.17) is 4.84 Å². The Balaban J connectivity index is 2.07. The Morgan fingerprint density at radius 2 is 1.87 bits per heavy atom. The van der Waals surface area contributed by atoms with Crippen LogP contribution in [0, 0.1) is 5.92 Å². The second-order valence-corrected chi connectivity index (χ2v) is 5.58. The van der Waals surface area contributed by atoms with Gasteiger partial charge in [-0.15, -0.1) is 0 Å². The van der Waals surface area contributed by atoms with Crippen molar-refractivity contribution in [3.05, 3.63) is 65.3 Å². The molecule has 0 bridgehead atoms. The smallest absolute Gasteiger partial charge is 0.313 e. The summed E-state index contributed by atoms with van der Waals surface area (Å²) in [6.45, 7) is 5.63. The molecule has 1 aliphatic rings. The van der Waals surface area contributed by atoms with Gasteiger partial charge in [-0.3, -0.25) is 4.79 Å². The minimum Gasteiger partial charge on any atom is -0.313 e. The van der Waals surface area contributed by atoms with Crippen LogP contribution in [0.25, 0.3) is 6.08 Å². The lowest BCUT2D eigenvalue weighted by atomic mass is 9.90. The van der Waals surface area contributed by atoms with Crippen molar-refractivity contribution in [2.24, 2.45) is 11.1 Å². The molecule has 0 aromatic heterocycles. The molecule has 0 atom stereocenters. The van der Waals surface area contributed by atoms with E-state index in [-0.39, 0.29) is 11.7 Å². The molecule has 0 heterocycles. The largest absolute Gasteiger partial charge is 0.358 e. The molecule has 0 spiro atoms. The van der Waals surface area contributed by atoms with Gasteiger partial charge in [-0.25, -0.2) is 4.79 Å². The second-order valence-electron chi connectivity index (χ2n) is 5.58. The molecule has 118 valence electrons. The number of oxime groups is 1. The van der Waals surface area contributed by atoms with E-state index in [1.807, 2.05) is 44.2 Å². The van der Waals surface area contributed by atoms with E-state index in [1.165, 1.54) is 12.2 Å². The molecule has 4 heteroatoms. The molecule has 1 aromatic carbocycles. The molecule has 0 fully saturated rings. The number of carbonyl (C=O) groups is 2. The van der Waals surface area contributed by atoms with Gasteiger partial charge >= 0.3 is 5.97 Å². The number of ketones is 1. The average Bonchev–Trinajstić information content (AvgIpc) is 2.52. The first kappa shape index (κ1) is 16.6. The first-order valence-corrected chi connectivity index (χ1v) is 7.44. The van der Waals surface area contributed by atoms with Gasteiger partial charge in [0.1, 0.15) is 5.71 Å². The van der Waals surface area contributed by atoms with Crippen molar-refractivity contribution in [3.8, 4) is 0 Å². The monoisotopic (exact) mass is 309 g/mol. The lowest BCUT2D eigenvalue weighted by Crippen LogP contribution is -2.16. The van der Waals surface area contributed by atoms with E-state index >= 15 is 0 Å². The molecule has 0 saturated heterocycles. The molecule has 23 heavy (non-hydrogen) atoms. The number of benzene rings is 1. The quantitative estimate of drug-likeness (QED) is 0.369. The summed E-state index contributed by atoms with van der Waals surface area (Å²) in [5.41, 5.74) is 2.73. The topological polar surface area (TPSA) is 55.7 Å². The Morgan fingerprint density at radius 1 is 1.17 bits per heavy atom. The highest BCUT2D eigenvalue weighted by Gasteiger charge is 2.19. The Morgan fingerprint density at radius 3 is 2.52 bits per heavy atom. The van der Waals surface area contributed by atoms with Gasteiger partial charge in [0.2, 0.25) is 0 Å². The number of hydrogen-bond acceptors (Lipinski definition) is 4. The van der Waals surface area contributed by atoms with Crippen LogP contribution in [0.1, 0.15) is 26.3 Å². The second kappa shape index (κ2) is 7.49. The third-order valence-corrected chi connectivity index (χ3v) is 3.40. The summed E-state index contributed by atoms with van der Waals surface area (Å²) in [5.74, 6) is -0.497. The maximum atomic E-state index is 11.9. The SMILES string of the molecule is CC1=CC(=O)C(C(C)C)=C/C1=N\OC(=O)/C=C/c1ccccc1. The third-order valence-electron chi connectivity index (χ3n) is 3.40. The number of rotatable bonds is 4. The summed E-state index contributed by atoms with van der Waals surface area (Å²) in [5, 5.41) is 3.86. The van der Waals surface area contributed by atoms with E-state index < -0.39 is 5.97 Å². The van der Waals surface area contributed by atoms with Crippen LogP contribution in [0.5, 0.6) is 0 Å². The van der Waals surface area contributed by atoms with Gasteiger partial charge in [-0.05, 0) is 42.2 Å². The van der Waals surface area contributed by atoms with Crippen molar-refractivity contribution >= 4 is 23.5 Å². The maximum Gasteiger partial charge on any atom is 0.358 e. The maximum absolute atomic E-state index is 11.9. The predicted molar refractivity (Wildman–Crippen MR) is 90.7 cm³/mol. The molecular weight excluding hydrogens is 290 g/mol. The minimum atomic E-state index is -0.564. The van der Waals surface area contributed by atoms with E-state index in [9.17, 15) is 9.59 Å². The van der Waals surface area contributed by atoms with Crippen LogP contribution < -0.4 is 0 Å². The van der Waals surface area contributed by atoms with E-state index in [1.54, 1.807) is 19.1 Å². The highest BCUT2D eigenvalue weighted by atomic mass is 16.7. The van der Waals surface area contributed by atoms with Crippen LogP contribution in [0.4, 0.5) is 0 Å². The van der Waals surface area contributed by atoms with Crippen LogP contribution in [0.15, 0.2) is 64.9 Å². The molecule has 0 amide bonds. The molecule has 2 rings (SSSR count). The van der Waals surface area contributed by atoms with Crippen molar-refractivity contribution in [3.63, 3.8) is 0 Å². The number of nitrogens with zero attached hydrogens (tertiary/aromatic N) is 1. The third kappa shape index (κ3) is 4.61. The number of carbonyl (C=O) groups excluding carboxylic acids is 2. The fraction of sp³-hybridized carbons (Fsp3) is 0.211. The van der Waals surface area contributed by atoms with Gasteiger partial charge in [0, 0.05) is 11.6 Å². The van der Waals surface area contributed by atoms with Crippen LogP contribution in [0.3, 0.4) is 0 Å². The highest BCUT2D eigenvalue weighted by Crippen LogP contribution is 2.19. The van der Waals surface area contributed by atoms with Gasteiger partial charge in [0.25, 0.3) is 0 Å². The van der Waals surface area contributed by atoms with Gasteiger partial charge in [0.05, 0.1) is 0 Å². The molecule has 0 N–H and O–H groups in total. The zero-order valence-corrected chi connectivity index (χ0v) is 13.4. The van der Waals surface area contributed by atoms with Crippen LogP contribution in [-0.4, -0.2) is 17.5 Å². The van der Waals surface area contributed by atoms with Crippen molar-refractivity contribution < 1.29 is 14.4 Å². The van der Waals surface area contributed by atoms with Crippen LogP contribution in [-0.2, 0) is 14.4 Å². The van der Waals surface area contributed by atoms with E-state index in [0.717, 1.165) is 5.56 Å². The van der Waals surface area contributed by atoms with Gasteiger partial charge < -0.3 is 4.84 Å². The fourth-order valence-corrected chi connectivity index (χ4v) is 2.09. The lowest BCUT2D eigenvalue weighted by molar-refractivity contribution is -0.137. The normalized spacial score (nSPS) is 16.7. The van der Waals surface area contributed by atoms with Crippen LogP contribution >= 0.6 is 0 Å². The van der Waals surface area contributed by atoms with E-state index in [2.05, 4.69) is 5.16 Å². The average molecular weight is 309 g/mol. The molecule has 1 aliphatic carbocycles. The first-order chi connectivity index (χ1) is 11.0. The molecule has 4 nitrogen and oxygen atoms in total. The zero-order valence-electron chi connectivity index (χ0n) is 13.4. The molecule has 0 saturated carbocycles. The Labute approximate surface area is 135 Å². The zero-order chi connectivity index (χ0) is 16.8. The first-order valence-electron chi connectivity index (χ1n) is 7.44. The molecule has 0 aliphatic heterocycles. The fourth-order valence-electron chi connectivity index (χ4n) is 2.09. The van der Waals surface area contributed by atoms with E-state index in [0.29, 0.717) is 16.9 Å². The summed E-state index contributed by atoms with van der Waals surface area (Å²) in [6, 6.07) is 9.44. The highest BCUT2D eigenvalue weighted by molar-refractivity contribution is 6.21. The van der Waals surface area contributed by atoms with Crippen molar-refractivity contribution in [1.29, 1.82) is 0 Å². The molecule has 1 aromatic rings. The van der Waals surface area contributed by atoms with Gasteiger partial charge in [-0.2, -0.15) is 0 Å². The summed E-state index contributed by atoms with van der Waals surface area (Å²) >= 11 is 0. The Bertz CT molecular complexity index is 722. The molecular formula is C19H19NO3. The summed E-state index contributed by atoms with van der Waals surface area (Å²) in [7, 11) is 0. The van der Waals surface area contributed by atoms with Gasteiger partial charge in [0.15, 0.2) is 5.78 Å². The molecule has 0 radical (unpaired) electrons. The van der Waals surface area contributed by atoms with Crippen molar-refractivity contribution in [2.45, 2.75) is 20.8 Å². The Kier molecular flexibility index (Phi) is 5.41. The summed E-state index contributed by atoms with van der Waals surface area (Å²) in [4.78, 5) is 28.5. The van der Waals surface area contributed by atoms with Crippen molar-refractivity contribution in [1.82, 2.24) is 0 Å². The lowest BCUT2D eigenvalue weighted by Gasteiger charge is -2.14. The van der Waals surface area contributed by atoms with Crippen LogP contribution in [0.2, 0.25) is 0 Å². The number of allylic oxidation sites excluding steroid dienone is 4.